The predicted octanol–water partition coefficient (Wildman–Crippen LogP) is 2.99. The van der Waals surface area contributed by atoms with Crippen molar-refractivity contribution in [1.29, 1.82) is 0 Å². The molecule has 194 valence electrons. The van der Waals surface area contributed by atoms with Crippen LogP contribution in [0.2, 0.25) is 0 Å². The van der Waals surface area contributed by atoms with Gasteiger partial charge in [0.2, 0.25) is 5.91 Å². The monoisotopic (exact) mass is 561 g/mol. The van der Waals surface area contributed by atoms with Crippen LogP contribution in [-0.4, -0.2) is 46.4 Å². The fourth-order valence-electron chi connectivity index (χ4n) is 3.17. The van der Waals surface area contributed by atoms with Crippen molar-refractivity contribution in [2.24, 2.45) is 5.73 Å². The first-order valence-electron chi connectivity index (χ1n) is 11.3. The topological polar surface area (TPSA) is 137 Å². The van der Waals surface area contributed by atoms with Gasteiger partial charge in [0.1, 0.15) is 24.0 Å². The Balaban J connectivity index is 2.22. The van der Waals surface area contributed by atoms with Crippen LogP contribution in [0.3, 0.4) is 0 Å². The number of carbonyl (C=O) groups excluding carboxylic acids is 4. The van der Waals surface area contributed by atoms with Gasteiger partial charge in [-0.05, 0) is 31.9 Å². The van der Waals surface area contributed by atoms with E-state index in [1.165, 1.54) is 0 Å². The number of nitrogens with one attached hydrogen (secondary N) is 2. The van der Waals surface area contributed by atoms with Crippen LogP contribution < -0.4 is 16.4 Å². The third-order valence-electron chi connectivity index (χ3n) is 4.84. The van der Waals surface area contributed by atoms with Crippen LogP contribution in [0.4, 0.5) is 4.79 Å². The smallest absolute Gasteiger partial charge is 0.408 e. The molecule has 0 heterocycles. The Kier molecular flexibility index (Phi) is 10.6. The number of ether oxygens (including phenoxy) is 2. The summed E-state index contributed by atoms with van der Waals surface area (Å²) in [6.07, 6.45) is -1.24. The third kappa shape index (κ3) is 9.79. The van der Waals surface area contributed by atoms with Crippen LogP contribution in [0.5, 0.6) is 0 Å². The van der Waals surface area contributed by atoms with Crippen LogP contribution >= 0.6 is 15.9 Å². The minimum absolute atomic E-state index is 0.00480. The number of halogens is 1. The standard InChI is InChI=1S/C26H32BrN3O6/c1-25(2,3)36-23(33)26(28,15-20(31)16-27)30-22(32)21(14-18-10-6-4-7-11-18)29-24(34)35-17-19-12-8-5-9-13-19/h4-13,21H,14-17,28H2,1-3H3,(H,29,34)(H,30,32)/t21-,26-/m0/s1. The van der Waals surface area contributed by atoms with Crippen LogP contribution in [0.1, 0.15) is 38.3 Å². The Labute approximate surface area is 219 Å². The van der Waals surface area contributed by atoms with Crippen LogP contribution in [0, 0.1) is 0 Å². The molecule has 0 radical (unpaired) electrons. The molecule has 4 N–H and O–H groups in total. The first-order valence-corrected chi connectivity index (χ1v) is 12.5. The second-order valence-electron chi connectivity index (χ2n) is 9.26. The van der Waals surface area contributed by atoms with Gasteiger partial charge < -0.3 is 20.1 Å². The highest BCUT2D eigenvalue weighted by Crippen LogP contribution is 2.16. The van der Waals surface area contributed by atoms with Gasteiger partial charge in [-0.15, -0.1) is 0 Å². The number of nitrogens with two attached hydrogens (primary N) is 1. The fourth-order valence-corrected chi connectivity index (χ4v) is 3.37. The van der Waals surface area contributed by atoms with E-state index in [0.29, 0.717) is 0 Å². The van der Waals surface area contributed by atoms with E-state index < -0.39 is 47.5 Å². The number of rotatable bonds is 11. The molecule has 0 aliphatic carbocycles. The molecule has 0 aromatic heterocycles. The van der Waals surface area contributed by atoms with Crippen molar-refractivity contribution in [3.05, 3.63) is 71.8 Å². The maximum Gasteiger partial charge on any atom is 0.408 e. The Bertz CT molecular complexity index is 1040. The number of esters is 1. The van der Waals surface area contributed by atoms with E-state index >= 15 is 0 Å². The summed E-state index contributed by atoms with van der Waals surface area (Å²) in [5.74, 6) is -2.16. The summed E-state index contributed by atoms with van der Waals surface area (Å²) < 4.78 is 10.6. The Morgan fingerprint density at radius 1 is 0.944 bits per heavy atom. The number of amides is 2. The maximum atomic E-state index is 13.3. The fraction of sp³-hybridized carbons (Fsp3) is 0.385. The summed E-state index contributed by atoms with van der Waals surface area (Å²) in [6.45, 7) is 4.93. The van der Waals surface area contributed by atoms with Crippen molar-refractivity contribution in [3.63, 3.8) is 0 Å². The van der Waals surface area contributed by atoms with Crippen molar-refractivity contribution < 1.29 is 28.7 Å². The number of alkyl carbamates (subject to hydrolysis) is 1. The minimum Gasteiger partial charge on any atom is -0.457 e. The summed E-state index contributed by atoms with van der Waals surface area (Å²) in [7, 11) is 0. The number of carbonyl (C=O) groups is 4. The highest BCUT2D eigenvalue weighted by molar-refractivity contribution is 9.09. The van der Waals surface area contributed by atoms with Gasteiger partial charge in [-0.2, -0.15) is 0 Å². The highest BCUT2D eigenvalue weighted by Gasteiger charge is 2.42. The lowest BCUT2D eigenvalue weighted by Crippen LogP contribution is -2.66. The predicted molar refractivity (Wildman–Crippen MR) is 138 cm³/mol. The number of Topliss-reactive ketones (excluding diaryl/α,β-unsaturated/α-hetero) is 1. The number of hydrogen-bond acceptors (Lipinski definition) is 7. The van der Waals surface area contributed by atoms with Gasteiger partial charge in [0, 0.05) is 6.42 Å². The molecule has 0 fully saturated rings. The number of ketones is 1. The van der Waals surface area contributed by atoms with Crippen LogP contribution in [-0.2, 0) is 36.9 Å². The van der Waals surface area contributed by atoms with Crippen molar-refractivity contribution >= 4 is 39.7 Å². The van der Waals surface area contributed by atoms with E-state index in [0.717, 1.165) is 11.1 Å². The van der Waals surface area contributed by atoms with Crippen LogP contribution in [0.25, 0.3) is 0 Å². The van der Waals surface area contributed by atoms with Gasteiger partial charge in [0.25, 0.3) is 0 Å². The minimum atomic E-state index is -2.14. The molecule has 0 unspecified atom stereocenters. The number of alkyl halides is 1. The first-order chi connectivity index (χ1) is 16.9. The van der Waals surface area contributed by atoms with Crippen molar-refractivity contribution in [2.45, 2.75) is 57.5 Å². The van der Waals surface area contributed by atoms with Gasteiger partial charge in [-0.3, -0.25) is 15.3 Å². The molecule has 2 atom stereocenters. The molecule has 0 saturated heterocycles. The van der Waals surface area contributed by atoms with E-state index in [1.807, 2.05) is 24.3 Å². The largest absolute Gasteiger partial charge is 0.457 e. The van der Waals surface area contributed by atoms with E-state index in [-0.39, 0.29) is 18.4 Å². The van der Waals surface area contributed by atoms with E-state index in [9.17, 15) is 19.2 Å². The zero-order valence-corrected chi connectivity index (χ0v) is 22.2. The molecule has 0 aliphatic rings. The Hall–Kier alpha value is -3.24. The Morgan fingerprint density at radius 3 is 2.03 bits per heavy atom. The lowest BCUT2D eigenvalue weighted by molar-refractivity contribution is -0.166. The molecule has 2 aromatic carbocycles. The number of benzene rings is 2. The molecular formula is C26H32BrN3O6. The summed E-state index contributed by atoms with van der Waals surface area (Å²) >= 11 is 3.04. The molecule has 2 rings (SSSR count). The van der Waals surface area contributed by atoms with E-state index in [1.54, 1.807) is 57.2 Å². The molecule has 0 spiro atoms. The second-order valence-corrected chi connectivity index (χ2v) is 9.82. The van der Waals surface area contributed by atoms with Gasteiger partial charge in [0.15, 0.2) is 5.66 Å². The number of hydrogen-bond donors (Lipinski definition) is 3. The average molecular weight is 562 g/mol. The lowest BCUT2D eigenvalue weighted by atomic mass is 10.0. The van der Waals surface area contributed by atoms with Gasteiger partial charge in [0.05, 0.1) is 11.8 Å². The molecule has 9 nitrogen and oxygen atoms in total. The summed E-state index contributed by atoms with van der Waals surface area (Å²) in [5, 5.41) is 4.90. The zero-order chi connectivity index (χ0) is 26.8. The van der Waals surface area contributed by atoms with E-state index in [2.05, 4.69) is 26.6 Å². The maximum absolute atomic E-state index is 13.3. The van der Waals surface area contributed by atoms with Crippen molar-refractivity contribution in [1.82, 2.24) is 10.6 Å². The lowest BCUT2D eigenvalue weighted by Gasteiger charge is -2.32. The molecule has 0 aliphatic heterocycles. The van der Waals surface area contributed by atoms with Crippen molar-refractivity contribution in [3.8, 4) is 0 Å². The Morgan fingerprint density at radius 2 is 1.50 bits per heavy atom. The van der Waals surface area contributed by atoms with Crippen LogP contribution in [0.15, 0.2) is 60.7 Å². The molecular weight excluding hydrogens is 530 g/mol. The highest BCUT2D eigenvalue weighted by atomic mass is 79.9. The van der Waals surface area contributed by atoms with Gasteiger partial charge in [-0.1, -0.05) is 76.6 Å². The summed E-state index contributed by atoms with van der Waals surface area (Å²) in [5.41, 5.74) is 4.70. The summed E-state index contributed by atoms with van der Waals surface area (Å²) in [4.78, 5) is 50.9. The molecule has 2 aromatic rings. The van der Waals surface area contributed by atoms with Crippen molar-refractivity contribution in [2.75, 3.05) is 5.33 Å². The first kappa shape index (κ1) is 29.0. The zero-order valence-electron chi connectivity index (χ0n) is 20.6. The molecule has 2 amide bonds. The normalized spacial score (nSPS) is 13.6. The SMILES string of the molecule is CC(C)(C)OC(=O)[C@](N)(CC(=O)CBr)NC(=O)[C@H](Cc1ccccc1)NC(=O)OCc1ccccc1. The quantitative estimate of drug-likeness (QED) is 0.218. The molecule has 0 saturated carbocycles. The molecule has 0 bridgehead atoms. The molecule has 10 heteroatoms. The third-order valence-corrected chi connectivity index (χ3v) is 5.46. The second kappa shape index (κ2) is 13.2. The van der Waals surface area contributed by atoms with Gasteiger partial charge in [-0.25, -0.2) is 9.59 Å². The average Bonchev–Trinajstić information content (AvgIpc) is 2.82. The van der Waals surface area contributed by atoms with E-state index in [4.69, 9.17) is 15.2 Å². The molecule has 36 heavy (non-hydrogen) atoms. The summed E-state index contributed by atoms with van der Waals surface area (Å²) in [6, 6.07) is 16.9. The van der Waals surface area contributed by atoms with Gasteiger partial charge >= 0.3 is 12.1 Å².